The third-order valence-electron chi connectivity index (χ3n) is 4.70. The van der Waals surface area contributed by atoms with Gasteiger partial charge in [-0.25, -0.2) is 0 Å². The summed E-state index contributed by atoms with van der Waals surface area (Å²) in [6.07, 6.45) is 1.28. The Morgan fingerprint density at radius 1 is 1.07 bits per heavy atom. The van der Waals surface area contributed by atoms with Crippen molar-refractivity contribution >= 4 is 28.7 Å². The van der Waals surface area contributed by atoms with Crippen molar-refractivity contribution in [3.63, 3.8) is 0 Å². The first-order chi connectivity index (χ1) is 12.8. The fourth-order valence-electron chi connectivity index (χ4n) is 3.39. The van der Waals surface area contributed by atoms with Crippen LogP contribution in [0.25, 0.3) is 6.08 Å². The maximum Gasteiger partial charge on any atom is 0.416 e. The molecule has 6 heteroatoms. The fraction of sp³-hybridized carbons (Fsp3) is 0.143. The average molecular weight is 385 g/mol. The summed E-state index contributed by atoms with van der Waals surface area (Å²) in [4.78, 5) is 13.3. The third-order valence-corrected chi connectivity index (χ3v) is 5.72. The summed E-state index contributed by atoms with van der Waals surface area (Å²) >= 11 is 1.03. The van der Waals surface area contributed by atoms with Gasteiger partial charge in [-0.15, -0.1) is 0 Å². The van der Waals surface area contributed by atoms with Crippen molar-refractivity contribution in [1.82, 2.24) is 0 Å². The number of hydrogen-bond donors (Lipinski definition) is 1. The Hall–Kier alpha value is -2.60. The summed E-state index contributed by atoms with van der Waals surface area (Å²) in [6, 6.07) is 12.5. The Labute approximate surface area is 158 Å². The van der Waals surface area contributed by atoms with E-state index in [1.807, 2.05) is 36.4 Å². The molecule has 0 aromatic heterocycles. The minimum Gasteiger partial charge on any atom is -0.297 e. The predicted octanol–water partition coefficient (Wildman–Crippen LogP) is 5.78. The highest BCUT2D eigenvalue weighted by atomic mass is 32.2. The van der Waals surface area contributed by atoms with Gasteiger partial charge in [0.15, 0.2) is 5.78 Å². The minimum atomic E-state index is -4.48. The van der Waals surface area contributed by atoms with Crippen LogP contribution in [-0.4, -0.2) is 10.8 Å². The van der Waals surface area contributed by atoms with Gasteiger partial charge in [0.25, 0.3) is 0 Å². The quantitative estimate of drug-likeness (QED) is 0.666. The van der Waals surface area contributed by atoms with Crippen LogP contribution in [0, 0.1) is 5.41 Å². The zero-order valence-corrected chi connectivity index (χ0v) is 14.8. The summed E-state index contributed by atoms with van der Waals surface area (Å²) < 4.78 is 38.9. The second-order valence-corrected chi connectivity index (χ2v) is 7.52. The number of carbonyl (C=O) groups excluding carboxylic acids is 1. The number of benzene rings is 2. The number of Topliss-reactive ketones (excluding diaryl/α,β-unsaturated/α-hetero) is 1. The second kappa shape index (κ2) is 6.53. The van der Waals surface area contributed by atoms with E-state index in [9.17, 15) is 18.0 Å². The van der Waals surface area contributed by atoms with Gasteiger partial charge in [-0.05, 0) is 22.8 Å². The van der Waals surface area contributed by atoms with Crippen molar-refractivity contribution in [2.45, 2.75) is 18.0 Å². The highest BCUT2D eigenvalue weighted by Crippen LogP contribution is 2.43. The van der Waals surface area contributed by atoms with Crippen LogP contribution in [0.15, 0.2) is 65.6 Å². The highest BCUT2D eigenvalue weighted by molar-refractivity contribution is 8.18. The van der Waals surface area contributed by atoms with Gasteiger partial charge in [-0.2, -0.15) is 13.2 Å². The summed E-state index contributed by atoms with van der Waals surface area (Å²) in [6.45, 7) is 0. The van der Waals surface area contributed by atoms with E-state index in [2.05, 4.69) is 0 Å². The monoisotopic (exact) mass is 385 g/mol. The standard InChI is InChI=1S/C21H14F3NOS/c22-21(23,24)15-6-3-5-14(10-15)18-19(26)17(27-20(18)25)11-13-9-8-12-4-1-2-7-16(12)13/h1-11,13,18,25H. The van der Waals surface area contributed by atoms with Crippen LogP contribution in [0.3, 0.4) is 0 Å². The Kier molecular flexibility index (Phi) is 4.30. The number of carbonyl (C=O) groups is 1. The second-order valence-electron chi connectivity index (χ2n) is 6.43. The molecule has 1 heterocycles. The summed E-state index contributed by atoms with van der Waals surface area (Å²) in [7, 11) is 0. The Morgan fingerprint density at radius 3 is 2.63 bits per heavy atom. The van der Waals surface area contributed by atoms with E-state index in [0.29, 0.717) is 4.91 Å². The molecule has 0 amide bonds. The molecule has 136 valence electrons. The van der Waals surface area contributed by atoms with Gasteiger partial charge in [0.1, 0.15) is 0 Å². The lowest BCUT2D eigenvalue weighted by Crippen LogP contribution is -2.13. The number of rotatable bonds is 2. The molecule has 2 unspecified atom stereocenters. The van der Waals surface area contributed by atoms with Crippen LogP contribution in [0.2, 0.25) is 0 Å². The molecule has 0 radical (unpaired) electrons. The topological polar surface area (TPSA) is 40.9 Å². The molecule has 2 nitrogen and oxygen atoms in total. The molecular formula is C21H14F3NOS. The van der Waals surface area contributed by atoms with E-state index in [1.165, 1.54) is 12.1 Å². The van der Waals surface area contributed by atoms with Crippen molar-refractivity contribution in [3.05, 3.63) is 87.8 Å². The van der Waals surface area contributed by atoms with Crippen molar-refractivity contribution in [3.8, 4) is 0 Å². The Morgan fingerprint density at radius 2 is 1.85 bits per heavy atom. The maximum atomic E-state index is 13.0. The van der Waals surface area contributed by atoms with Crippen molar-refractivity contribution in [2.75, 3.05) is 0 Å². The molecular weight excluding hydrogens is 371 g/mol. The highest BCUT2D eigenvalue weighted by Gasteiger charge is 2.39. The van der Waals surface area contributed by atoms with Gasteiger partial charge >= 0.3 is 6.18 Å². The summed E-state index contributed by atoms with van der Waals surface area (Å²) in [5, 5.41) is 8.21. The number of thioether (sulfide) groups is 1. The van der Waals surface area contributed by atoms with Gasteiger partial charge in [-0.3, -0.25) is 10.2 Å². The van der Waals surface area contributed by atoms with Gasteiger partial charge in [0.2, 0.25) is 0 Å². The number of ketones is 1. The van der Waals surface area contributed by atoms with E-state index in [1.54, 1.807) is 6.08 Å². The van der Waals surface area contributed by atoms with Crippen molar-refractivity contribution < 1.29 is 18.0 Å². The van der Waals surface area contributed by atoms with Gasteiger partial charge in [-0.1, -0.05) is 72.5 Å². The van der Waals surface area contributed by atoms with Crippen LogP contribution in [-0.2, 0) is 11.0 Å². The van der Waals surface area contributed by atoms with Crippen LogP contribution in [0.1, 0.15) is 34.1 Å². The molecule has 1 aliphatic carbocycles. The largest absolute Gasteiger partial charge is 0.416 e. The van der Waals surface area contributed by atoms with E-state index in [4.69, 9.17) is 5.41 Å². The minimum absolute atomic E-state index is 0.0563. The molecule has 1 aliphatic heterocycles. The number of halogens is 3. The number of alkyl halides is 3. The van der Waals surface area contributed by atoms with Gasteiger partial charge < -0.3 is 0 Å². The molecule has 0 bridgehead atoms. The molecule has 1 fully saturated rings. The number of nitrogens with one attached hydrogen (secondary N) is 1. The third kappa shape index (κ3) is 3.25. The molecule has 2 atom stereocenters. The van der Waals surface area contributed by atoms with Crippen molar-refractivity contribution in [2.24, 2.45) is 0 Å². The lowest BCUT2D eigenvalue weighted by Gasteiger charge is -2.12. The first-order valence-corrected chi connectivity index (χ1v) is 9.13. The molecule has 27 heavy (non-hydrogen) atoms. The van der Waals surface area contributed by atoms with Crippen LogP contribution in [0.4, 0.5) is 13.2 Å². The van der Waals surface area contributed by atoms with Gasteiger partial charge in [0, 0.05) is 5.92 Å². The van der Waals surface area contributed by atoms with Crippen LogP contribution < -0.4 is 0 Å². The predicted molar refractivity (Wildman–Crippen MR) is 101 cm³/mol. The number of hydrogen-bond acceptors (Lipinski definition) is 3. The van der Waals surface area contributed by atoms with Gasteiger partial charge in [0.05, 0.1) is 21.4 Å². The zero-order chi connectivity index (χ0) is 19.2. The van der Waals surface area contributed by atoms with E-state index in [0.717, 1.165) is 35.0 Å². The molecule has 0 saturated carbocycles. The lowest BCUT2D eigenvalue weighted by atomic mass is 9.92. The molecule has 2 aliphatic rings. The first kappa shape index (κ1) is 17.8. The molecule has 2 aromatic carbocycles. The Bertz CT molecular complexity index is 1010. The average Bonchev–Trinajstić information content (AvgIpc) is 3.16. The lowest BCUT2D eigenvalue weighted by molar-refractivity contribution is -0.137. The zero-order valence-electron chi connectivity index (χ0n) is 14.0. The molecule has 4 rings (SSSR count). The maximum absolute atomic E-state index is 13.0. The molecule has 0 spiro atoms. The van der Waals surface area contributed by atoms with Crippen molar-refractivity contribution in [1.29, 1.82) is 5.41 Å². The number of fused-ring (bicyclic) bond motifs is 1. The molecule has 1 saturated heterocycles. The Balaban J connectivity index is 1.65. The summed E-state index contributed by atoms with van der Waals surface area (Å²) in [5.74, 6) is -1.35. The van der Waals surface area contributed by atoms with Crippen LogP contribution >= 0.6 is 11.8 Å². The van der Waals surface area contributed by atoms with Crippen LogP contribution in [0.5, 0.6) is 0 Å². The van der Waals surface area contributed by atoms with E-state index in [-0.39, 0.29) is 22.3 Å². The normalized spacial score (nSPS) is 23.3. The van der Waals surface area contributed by atoms with E-state index < -0.39 is 17.7 Å². The number of allylic oxidation sites excluding steroid dienone is 3. The fourth-order valence-corrected chi connectivity index (χ4v) is 4.42. The first-order valence-electron chi connectivity index (χ1n) is 8.31. The smallest absolute Gasteiger partial charge is 0.297 e. The molecule has 2 aromatic rings. The molecule has 1 N–H and O–H groups in total. The SMILES string of the molecule is N=C1SC(=CC2C=Cc3ccccc32)C(=O)C1c1cccc(C(F)(F)F)c1. The van der Waals surface area contributed by atoms with E-state index >= 15 is 0 Å². The summed E-state index contributed by atoms with van der Waals surface area (Å²) in [5.41, 5.74) is 1.56.